The summed E-state index contributed by atoms with van der Waals surface area (Å²) in [7, 11) is 0. The van der Waals surface area contributed by atoms with E-state index in [1.807, 2.05) is 35.2 Å². The second kappa shape index (κ2) is 9.75. The third-order valence-corrected chi connectivity index (χ3v) is 4.85. The summed E-state index contributed by atoms with van der Waals surface area (Å²) >= 11 is 0. The summed E-state index contributed by atoms with van der Waals surface area (Å²) in [6.45, 7) is 7.57. The Morgan fingerprint density at radius 1 is 1.20 bits per heavy atom. The molecule has 2 heterocycles. The number of nitrogens with zero attached hydrogens (tertiary/aromatic N) is 2. The molecular formula is C19H29N3O3. The van der Waals surface area contributed by atoms with Crippen LogP contribution in [0.25, 0.3) is 0 Å². The maximum atomic E-state index is 12.3. The first-order chi connectivity index (χ1) is 12.3. The molecule has 6 nitrogen and oxygen atoms in total. The fourth-order valence-electron chi connectivity index (χ4n) is 3.37. The van der Waals surface area contributed by atoms with Crippen molar-refractivity contribution in [2.45, 2.75) is 25.5 Å². The highest BCUT2D eigenvalue weighted by Crippen LogP contribution is 2.12. The molecule has 3 rings (SSSR count). The zero-order valence-electron chi connectivity index (χ0n) is 14.9. The number of benzene rings is 1. The number of likely N-dealkylation sites (tertiary alicyclic amines) is 1. The van der Waals surface area contributed by atoms with E-state index in [9.17, 15) is 4.79 Å². The first kappa shape index (κ1) is 18.2. The smallest absolute Gasteiger partial charge is 0.410 e. The number of ether oxygens (including phenoxy) is 2. The highest BCUT2D eigenvalue weighted by Gasteiger charge is 2.24. The Morgan fingerprint density at radius 3 is 2.80 bits per heavy atom. The van der Waals surface area contributed by atoms with Gasteiger partial charge in [-0.1, -0.05) is 30.3 Å². The van der Waals surface area contributed by atoms with Crippen LogP contribution in [0.4, 0.5) is 4.79 Å². The normalized spacial score (nSPS) is 21.9. The second-order valence-electron chi connectivity index (χ2n) is 6.73. The molecule has 0 saturated carbocycles. The summed E-state index contributed by atoms with van der Waals surface area (Å²) in [5.41, 5.74) is 1.02. The van der Waals surface area contributed by atoms with E-state index in [1.165, 1.54) is 0 Å². The Balaban J connectivity index is 1.36. The van der Waals surface area contributed by atoms with Crippen LogP contribution in [0.15, 0.2) is 30.3 Å². The van der Waals surface area contributed by atoms with E-state index in [0.29, 0.717) is 12.6 Å². The first-order valence-corrected chi connectivity index (χ1v) is 9.30. The van der Waals surface area contributed by atoms with E-state index in [4.69, 9.17) is 9.47 Å². The van der Waals surface area contributed by atoms with Gasteiger partial charge in [0.1, 0.15) is 6.61 Å². The number of amides is 1. The van der Waals surface area contributed by atoms with Crippen molar-refractivity contribution in [3.63, 3.8) is 0 Å². The van der Waals surface area contributed by atoms with Gasteiger partial charge in [0.2, 0.25) is 0 Å². The first-order valence-electron chi connectivity index (χ1n) is 9.30. The number of carbonyl (C=O) groups excluding carboxylic acids is 1. The van der Waals surface area contributed by atoms with Crippen LogP contribution in [0.5, 0.6) is 0 Å². The minimum atomic E-state index is -0.205. The molecule has 1 aromatic carbocycles. The van der Waals surface area contributed by atoms with Gasteiger partial charge in [0, 0.05) is 45.3 Å². The van der Waals surface area contributed by atoms with Crippen molar-refractivity contribution in [1.29, 1.82) is 0 Å². The monoisotopic (exact) mass is 347 g/mol. The molecule has 2 saturated heterocycles. The molecule has 1 amide bonds. The maximum absolute atomic E-state index is 12.3. The Labute approximate surface area is 150 Å². The Bertz CT molecular complexity index is 520. The van der Waals surface area contributed by atoms with Gasteiger partial charge in [-0.15, -0.1) is 0 Å². The number of rotatable bonds is 6. The fraction of sp³-hybridized carbons (Fsp3) is 0.632. The van der Waals surface area contributed by atoms with Gasteiger partial charge in [-0.05, 0) is 18.4 Å². The summed E-state index contributed by atoms with van der Waals surface area (Å²) in [6, 6.07) is 10.2. The lowest BCUT2D eigenvalue weighted by atomic mass is 10.1. The quantitative estimate of drug-likeness (QED) is 0.849. The predicted octanol–water partition coefficient (Wildman–Crippen LogP) is 1.71. The number of carbonyl (C=O) groups is 1. The van der Waals surface area contributed by atoms with Crippen LogP contribution in [0.2, 0.25) is 0 Å². The summed E-state index contributed by atoms with van der Waals surface area (Å²) in [4.78, 5) is 16.5. The topological polar surface area (TPSA) is 54.0 Å². The lowest BCUT2D eigenvalue weighted by Crippen LogP contribution is -2.50. The van der Waals surface area contributed by atoms with Crippen LogP contribution < -0.4 is 5.32 Å². The van der Waals surface area contributed by atoms with Gasteiger partial charge in [-0.25, -0.2) is 4.79 Å². The van der Waals surface area contributed by atoms with Crippen molar-refractivity contribution in [2.75, 3.05) is 52.5 Å². The summed E-state index contributed by atoms with van der Waals surface area (Å²) in [5.74, 6) is 0. The van der Waals surface area contributed by atoms with E-state index >= 15 is 0 Å². The third-order valence-electron chi connectivity index (χ3n) is 4.85. The molecule has 0 aromatic heterocycles. The van der Waals surface area contributed by atoms with Gasteiger partial charge < -0.3 is 19.7 Å². The molecule has 0 radical (unpaired) electrons. The van der Waals surface area contributed by atoms with Gasteiger partial charge in [-0.3, -0.25) is 4.90 Å². The largest absolute Gasteiger partial charge is 0.445 e. The van der Waals surface area contributed by atoms with E-state index in [2.05, 4.69) is 10.2 Å². The highest BCUT2D eigenvalue weighted by atomic mass is 16.6. The molecule has 0 bridgehead atoms. The molecule has 2 aliphatic heterocycles. The average Bonchev–Trinajstić information content (AvgIpc) is 2.68. The van der Waals surface area contributed by atoms with Crippen molar-refractivity contribution in [3.05, 3.63) is 35.9 Å². The third kappa shape index (κ3) is 5.99. The Hall–Kier alpha value is -1.63. The number of hydrogen-bond donors (Lipinski definition) is 1. The summed E-state index contributed by atoms with van der Waals surface area (Å²) in [5, 5.41) is 3.60. The van der Waals surface area contributed by atoms with Gasteiger partial charge in [0.15, 0.2) is 0 Å². The Morgan fingerprint density at radius 2 is 2.00 bits per heavy atom. The average molecular weight is 347 g/mol. The van der Waals surface area contributed by atoms with Crippen molar-refractivity contribution in [1.82, 2.24) is 15.1 Å². The van der Waals surface area contributed by atoms with Gasteiger partial charge >= 0.3 is 6.09 Å². The van der Waals surface area contributed by atoms with Crippen molar-refractivity contribution in [3.8, 4) is 0 Å². The maximum Gasteiger partial charge on any atom is 0.410 e. The van der Waals surface area contributed by atoms with Crippen molar-refractivity contribution < 1.29 is 14.3 Å². The van der Waals surface area contributed by atoms with Crippen molar-refractivity contribution >= 4 is 6.09 Å². The SMILES string of the molecule is O=C(OCc1ccccc1)N1CCC[C@@H](NCCN2CCOCC2)C1. The molecule has 1 atom stereocenters. The molecule has 138 valence electrons. The molecule has 6 heteroatoms. The molecule has 2 fully saturated rings. The van der Waals surface area contributed by atoms with Crippen LogP contribution in [-0.2, 0) is 16.1 Å². The van der Waals surface area contributed by atoms with Crippen molar-refractivity contribution in [2.24, 2.45) is 0 Å². The van der Waals surface area contributed by atoms with Crippen LogP contribution in [-0.4, -0.2) is 74.4 Å². The van der Waals surface area contributed by atoms with E-state index in [0.717, 1.165) is 70.9 Å². The zero-order valence-corrected chi connectivity index (χ0v) is 14.9. The van der Waals surface area contributed by atoms with E-state index in [-0.39, 0.29) is 6.09 Å². The molecule has 0 spiro atoms. The molecule has 0 unspecified atom stereocenters. The standard InChI is InChI=1S/C19H29N3O3/c23-19(25-16-17-5-2-1-3-6-17)22-9-4-7-18(15-22)20-8-10-21-11-13-24-14-12-21/h1-3,5-6,18,20H,4,7-16H2/t18-/m1/s1. The predicted molar refractivity (Wildman–Crippen MR) is 96.5 cm³/mol. The second-order valence-corrected chi connectivity index (χ2v) is 6.73. The molecule has 1 N–H and O–H groups in total. The number of nitrogens with one attached hydrogen (secondary N) is 1. The minimum Gasteiger partial charge on any atom is -0.445 e. The van der Waals surface area contributed by atoms with Gasteiger partial charge in [-0.2, -0.15) is 0 Å². The number of piperidine rings is 1. The van der Waals surface area contributed by atoms with Gasteiger partial charge in [0.05, 0.1) is 13.2 Å². The Kier molecular flexibility index (Phi) is 7.09. The summed E-state index contributed by atoms with van der Waals surface area (Å²) in [6.07, 6.45) is 1.94. The van der Waals surface area contributed by atoms with E-state index < -0.39 is 0 Å². The van der Waals surface area contributed by atoms with Crippen LogP contribution >= 0.6 is 0 Å². The van der Waals surface area contributed by atoms with E-state index in [1.54, 1.807) is 0 Å². The molecule has 1 aromatic rings. The molecular weight excluding hydrogens is 318 g/mol. The van der Waals surface area contributed by atoms with Crippen LogP contribution in [0.3, 0.4) is 0 Å². The van der Waals surface area contributed by atoms with Crippen LogP contribution in [0, 0.1) is 0 Å². The summed E-state index contributed by atoms with van der Waals surface area (Å²) < 4.78 is 10.8. The molecule has 25 heavy (non-hydrogen) atoms. The fourth-order valence-corrected chi connectivity index (χ4v) is 3.37. The van der Waals surface area contributed by atoms with Crippen LogP contribution in [0.1, 0.15) is 18.4 Å². The highest BCUT2D eigenvalue weighted by molar-refractivity contribution is 5.67. The molecule has 0 aliphatic carbocycles. The molecule has 2 aliphatic rings. The number of hydrogen-bond acceptors (Lipinski definition) is 5. The lowest BCUT2D eigenvalue weighted by Gasteiger charge is -2.33. The zero-order chi connectivity index (χ0) is 17.3. The van der Waals surface area contributed by atoms with Gasteiger partial charge in [0.25, 0.3) is 0 Å². The number of morpholine rings is 1. The minimum absolute atomic E-state index is 0.205. The lowest BCUT2D eigenvalue weighted by molar-refractivity contribution is 0.0375.